The molecule has 1 nitrogen and oxygen atoms in total. The number of hydrogen-bond donors (Lipinski definition) is 0. The van der Waals surface area contributed by atoms with Crippen LogP contribution >= 0.6 is 11.8 Å². The Kier molecular flexibility index (Phi) is 4.02. The van der Waals surface area contributed by atoms with E-state index in [0.717, 1.165) is 10.8 Å². The van der Waals surface area contributed by atoms with E-state index in [4.69, 9.17) is 0 Å². The molecule has 0 saturated carbocycles. The summed E-state index contributed by atoms with van der Waals surface area (Å²) in [6.07, 6.45) is 0. The van der Waals surface area contributed by atoms with Crippen molar-refractivity contribution in [3.05, 3.63) is 78.1 Å². The third kappa shape index (κ3) is 3.14. The minimum absolute atomic E-state index is 0.00834. The highest BCUT2D eigenvalue weighted by Gasteiger charge is 2.09. The Morgan fingerprint density at radius 3 is 2.43 bits per heavy atom. The number of thioether (sulfide) groups is 1. The SMILES string of the molecule is O=C(CSc1ccccc1F)c1ccc2ccccc2c1. The third-order valence-corrected chi connectivity index (χ3v) is 4.32. The quantitative estimate of drug-likeness (QED) is 0.500. The summed E-state index contributed by atoms with van der Waals surface area (Å²) < 4.78 is 13.5. The van der Waals surface area contributed by atoms with Gasteiger partial charge < -0.3 is 0 Å². The van der Waals surface area contributed by atoms with E-state index in [0.29, 0.717) is 10.5 Å². The summed E-state index contributed by atoms with van der Waals surface area (Å²) in [5, 5.41) is 2.15. The van der Waals surface area contributed by atoms with Crippen molar-refractivity contribution < 1.29 is 9.18 Å². The molecule has 104 valence electrons. The van der Waals surface area contributed by atoms with Crippen LogP contribution in [-0.2, 0) is 0 Å². The highest BCUT2D eigenvalue weighted by Crippen LogP contribution is 2.23. The molecule has 0 amide bonds. The van der Waals surface area contributed by atoms with Gasteiger partial charge in [-0.15, -0.1) is 11.8 Å². The van der Waals surface area contributed by atoms with Gasteiger partial charge in [0.2, 0.25) is 0 Å². The Labute approximate surface area is 126 Å². The fraction of sp³-hybridized carbons (Fsp3) is 0.0556. The van der Waals surface area contributed by atoms with Crippen molar-refractivity contribution in [2.75, 3.05) is 5.75 Å². The molecule has 0 aliphatic rings. The Morgan fingerprint density at radius 1 is 0.905 bits per heavy atom. The Balaban J connectivity index is 1.76. The van der Waals surface area contributed by atoms with Crippen LogP contribution in [0.5, 0.6) is 0 Å². The van der Waals surface area contributed by atoms with E-state index >= 15 is 0 Å². The molecule has 0 saturated heterocycles. The summed E-state index contributed by atoms with van der Waals surface area (Å²) in [4.78, 5) is 12.7. The molecule has 0 N–H and O–H groups in total. The first-order valence-electron chi connectivity index (χ1n) is 6.63. The average Bonchev–Trinajstić information content (AvgIpc) is 2.53. The molecular formula is C18H13FOS. The van der Waals surface area contributed by atoms with Crippen LogP contribution < -0.4 is 0 Å². The molecule has 0 atom stereocenters. The smallest absolute Gasteiger partial charge is 0.173 e. The zero-order valence-electron chi connectivity index (χ0n) is 11.3. The number of carbonyl (C=O) groups is 1. The lowest BCUT2D eigenvalue weighted by molar-refractivity contribution is 0.102. The first-order chi connectivity index (χ1) is 10.2. The summed E-state index contributed by atoms with van der Waals surface area (Å²) in [6.45, 7) is 0. The molecule has 0 heterocycles. The van der Waals surface area contributed by atoms with Crippen LogP contribution in [-0.4, -0.2) is 11.5 Å². The van der Waals surface area contributed by atoms with Gasteiger partial charge in [0, 0.05) is 10.5 Å². The van der Waals surface area contributed by atoms with Crippen LogP contribution in [0.4, 0.5) is 4.39 Å². The van der Waals surface area contributed by atoms with Gasteiger partial charge in [-0.2, -0.15) is 0 Å². The molecule has 0 spiro atoms. The van der Waals surface area contributed by atoms with E-state index in [2.05, 4.69) is 0 Å². The molecule has 3 heteroatoms. The van der Waals surface area contributed by atoms with Gasteiger partial charge in [0.25, 0.3) is 0 Å². The molecule has 3 rings (SSSR count). The Bertz CT molecular complexity index is 798. The number of hydrogen-bond acceptors (Lipinski definition) is 2. The first kappa shape index (κ1) is 13.8. The lowest BCUT2D eigenvalue weighted by Crippen LogP contribution is -2.02. The van der Waals surface area contributed by atoms with Crippen LogP contribution in [0.2, 0.25) is 0 Å². The van der Waals surface area contributed by atoms with Gasteiger partial charge in [0.15, 0.2) is 5.78 Å². The van der Waals surface area contributed by atoms with Gasteiger partial charge in [-0.05, 0) is 29.0 Å². The monoisotopic (exact) mass is 296 g/mol. The lowest BCUT2D eigenvalue weighted by Gasteiger charge is -2.04. The fourth-order valence-electron chi connectivity index (χ4n) is 2.15. The number of halogens is 1. The maximum Gasteiger partial charge on any atom is 0.173 e. The summed E-state index contributed by atoms with van der Waals surface area (Å²) in [5.74, 6) is -0.0398. The molecule has 0 fully saturated rings. The van der Waals surface area contributed by atoms with Gasteiger partial charge in [-0.25, -0.2) is 4.39 Å². The number of ketones is 1. The highest BCUT2D eigenvalue weighted by molar-refractivity contribution is 8.00. The summed E-state index contributed by atoms with van der Waals surface area (Å²) in [5.41, 5.74) is 0.664. The maximum absolute atomic E-state index is 13.5. The zero-order valence-corrected chi connectivity index (χ0v) is 12.1. The van der Waals surface area contributed by atoms with Gasteiger partial charge in [-0.1, -0.05) is 48.5 Å². The predicted octanol–water partition coefficient (Wildman–Crippen LogP) is 4.95. The molecule has 0 bridgehead atoms. The molecule has 0 aliphatic heterocycles. The molecule has 3 aromatic carbocycles. The second-order valence-corrected chi connectivity index (χ2v) is 5.72. The van der Waals surface area contributed by atoms with Gasteiger partial charge in [-0.3, -0.25) is 4.79 Å². The summed E-state index contributed by atoms with van der Waals surface area (Å²) in [6, 6.07) is 20.1. The topological polar surface area (TPSA) is 17.1 Å². The number of rotatable bonds is 4. The largest absolute Gasteiger partial charge is 0.293 e. The van der Waals surface area contributed by atoms with E-state index < -0.39 is 0 Å². The molecule has 0 radical (unpaired) electrons. The van der Waals surface area contributed by atoms with E-state index in [9.17, 15) is 9.18 Å². The number of Topliss-reactive ketones (excluding diaryl/α,β-unsaturated/α-hetero) is 1. The number of fused-ring (bicyclic) bond motifs is 1. The van der Waals surface area contributed by atoms with E-state index in [1.165, 1.54) is 17.8 Å². The number of benzene rings is 3. The number of carbonyl (C=O) groups excluding carboxylic acids is 1. The van der Waals surface area contributed by atoms with Crippen molar-refractivity contribution in [1.82, 2.24) is 0 Å². The molecule has 0 aromatic heterocycles. The van der Waals surface area contributed by atoms with Crippen LogP contribution in [0.1, 0.15) is 10.4 Å². The maximum atomic E-state index is 13.5. The average molecular weight is 296 g/mol. The van der Waals surface area contributed by atoms with Crippen molar-refractivity contribution in [2.45, 2.75) is 4.90 Å². The highest BCUT2D eigenvalue weighted by atomic mass is 32.2. The molecule has 0 unspecified atom stereocenters. The summed E-state index contributed by atoms with van der Waals surface area (Å²) >= 11 is 1.23. The van der Waals surface area contributed by atoms with Crippen molar-refractivity contribution in [1.29, 1.82) is 0 Å². The van der Waals surface area contributed by atoms with Gasteiger partial charge >= 0.3 is 0 Å². The Morgan fingerprint density at radius 2 is 1.62 bits per heavy atom. The predicted molar refractivity (Wildman–Crippen MR) is 85.4 cm³/mol. The van der Waals surface area contributed by atoms with Crippen molar-refractivity contribution >= 4 is 28.3 Å². The van der Waals surface area contributed by atoms with Gasteiger partial charge in [0.05, 0.1) is 5.75 Å². The third-order valence-electron chi connectivity index (χ3n) is 3.27. The van der Waals surface area contributed by atoms with Crippen molar-refractivity contribution in [3.8, 4) is 0 Å². The van der Waals surface area contributed by atoms with Crippen molar-refractivity contribution in [3.63, 3.8) is 0 Å². The Hall–Kier alpha value is -2.13. The molecule has 21 heavy (non-hydrogen) atoms. The molecular weight excluding hydrogens is 283 g/mol. The van der Waals surface area contributed by atoms with E-state index in [-0.39, 0.29) is 17.4 Å². The van der Waals surface area contributed by atoms with E-state index in [1.807, 2.05) is 42.5 Å². The minimum Gasteiger partial charge on any atom is -0.293 e. The summed E-state index contributed by atoms with van der Waals surface area (Å²) in [7, 11) is 0. The second kappa shape index (κ2) is 6.10. The van der Waals surface area contributed by atoms with E-state index in [1.54, 1.807) is 18.2 Å². The van der Waals surface area contributed by atoms with Crippen LogP contribution in [0.15, 0.2) is 71.6 Å². The first-order valence-corrected chi connectivity index (χ1v) is 7.62. The lowest BCUT2D eigenvalue weighted by atomic mass is 10.1. The van der Waals surface area contributed by atoms with Crippen LogP contribution in [0, 0.1) is 5.82 Å². The van der Waals surface area contributed by atoms with Gasteiger partial charge in [0.1, 0.15) is 5.82 Å². The molecule has 3 aromatic rings. The fourth-order valence-corrected chi connectivity index (χ4v) is 2.99. The normalized spacial score (nSPS) is 10.7. The minimum atomic E-state index is -0.284. The van der Waals surface area contributed by atoms with Crippen molar-refractivity contribution in [2.24, 2.45) is 0 Å². The van der Waals surface area contributed by atoms with Crippen LogP contribution in [0.3, 0.4) is 0 Å². The zero-order chi connectivity index (χ0) is 14.7. The standard InChI is InChI=1S/C18H13FOS/c19-16-7-3-4-8-18(16)21-12-17(20)15-10-9-13-5-1-2-6-14(13)11-15/h1-11H,12H2. The van der Waals surface area contributed by atoms with Crippen LogP contribution in [0.25, 0.3) is 10.8 Å². The molecule has 0 aliphatic carbocycles. The second-order valence-electron chi connectivity index (χ2n) is 4.70.